The SMILES string of the molecule is CCC/C=C\C/C=C\CCCCCCCC(=O)NC(COC1OC(CO)C(O)C(O)C1O)C(O)CCCCCCCCCCCCCCCCCCCCCCCCCCCCCCCC. The molecule has 1 heterocycles. The number of allylic oxidation sites excluding steroid dienone is 4. The van der Waals surface area contributed by atoms with Crippen molar-refractivity contribution in [3.8, 4) is 0 Å². The quantitative estimate of drug-likeness (QED) is 0.0261. The van der Waals surface area contributed by atoms with Crippen molar-refractivity contribution in [1.29, 1.82) is 0 Å². The van der Waals surface area contributed by atoms with Crippen LogP contribution in [0, 0.1) is 0 Å². The van der Waals surface area contributed by atoms with Gasteiger partial charge in [-0.05, 0) is 38.5 Å². The van der Waals surface area contributed by atoms with E-state index in [1.54, 1.807) is 0 Å². The minimum absolute atomic E-state index is 0.142. The molecule has 390 valence electrons. The minimum atomic E-state index is -1.55. The van der Waals surface area contributed by atoms with Crippen LogP contribution in [0.15, 0.2) is 24.3 Å². The lowest BCUT2D eigenvalue weighted by molar-refractivity contribution is -0.302. The normalized spacial score (nSPS) is 19.9. The van der Waals surface area contributed by atoms with Crippen molar-refractivity contribution in [2.75, 3.05) is 13.2 Å². The Morgan fingerprint density at radius 2 is 0.924 bits per heavy atom. The number of ether oxygens (including phenoxy) is 2. The number of aliphatic hydroxyl groups excluding tert-OH is 5. The Kier molecular flexibility index (Phi) is 45.0. The lowest BCUT2D eigenvalue weighted by Gasteiger charge is -2.40. The molecule has 0 radical (unpaired) electrons. The monoisotopic (exact) mass is 936 g/mol. The molecule has 7 unspecified atom stereocenters. The second-order valence-corrected chi connectivity index (χ2v) is 20.1. The van der Waals surface area contributed by atoms with Crippen LogP contribution >= 0.6 is 0 Å². The van der Waals surface area contributed by atoms with Gasteiger partial charge in [0.25, 0.3) is 0 Å². The highest BCUT2D eigenvalue weighted by atomic mass is 16.7. The molecule has 66 heavy (non-hydrogen) atoms. The first-order chi connectivity index (χ1) is 32.3. The van der Waals surface area contributed by atoms with Crippen molar-refractivity contribution in [1.82, 2.24) is 5.32 Å². The van der Waals surface area contributed by atoms with Gasteiger partial charge >= 0.3 is 0 Å². The molecular weight excluding hydrogens is 827 g/mol. The Morgan fingerprint density at radius 1 is 0.515 bits per heavy atom. The number of carbonyl (C=O) groups excluding carboxylic acids is 1. The molecule has 0 aromatic heterocycles. The fourth-order valence-electron chi connectivity index (χ4n) is 9.26. The second kappa shape index (κ2) is 47.4. The number of rotatable bonds is 49. The lowest BCUT2D eigenvalue weighted by Crippen LogP contribution is -2.60. The molecule has 0 aliphatic carbocycles. The molecule has 0 aromatic rings. The largest absolute Gasteiger partial charge is 0.394 e. The van der Waals surface area contributed by atoms with Gasteiger partial charge in [-0.1, -0.05) is 256 Å². The summed E-state index contributed by atoms with van der Waals surface area (Å²) in [6.07, 6.45) is 52.3. The Hall–Kier alpha value is -1.33. The lowest BCUT2D eigenvalue weighted by atomic mass is 9.99. The van der Waals surface area contributed by atoms with Crippen LogP contribution in [0.3, 0.4) is 0 Å². The summed E-state index contributed by atoms with van der Waals surface area (Å²) in [4.78, 5) is 13.0. The van der Waals surface area contributed by atoms with Crippen molar-refractivity contribution in [3.05, 3.63) is 24.3 Å². The predicted molar refractivity (Wildman–Crippen MR) is 277 cm³/mol. The third-order valence-electron chi connectivity index (χ3n) is 13.8. The summed E-state index contributed by atoms with van der Waals surface area (Å²) in [6.45, 7) is 3.79. The van der Waals surface area contributed by atoms with E-state index >= 15 is 0 Å². The van der Waals surface area contributed by atoms with Gasteiger partial charge in [0.15, 0.2) is 6.29 Å². The molecule has 1 rings (SSSR count). The van der Waals surface area contributed by atoms with Crippen molar-refractivity contribution in [2.45, 2.75) is 320 Å². The van der Waals surface area contributed by atoms with Gasteiger partial charge in [0.05, 0.1) is 25.4 Å². The summed E-state index contributed by atoms with van der Waals surface area (Å²) in [5.74, 6) is -0.156. The number of amides is 1. The molecule has 1 aliphatic heterocycles. The van der Waals surface area contributed by atoms with E-state index in [4.69, 9.17) is 9.47 Å². The van der Waals surface area contributed by atoms with Gasteiger partial charge in [0, 0.05) is 6.42 Å². The van der Waals surface area contributed by atoms with Crippen LogP contribution in [0.2, 0.25) is 0 Å². The Morgan fingerprint density at radius 3 is 1.36 bits per heavy atom. The minimum Gasteiger partial charge on any atom is -0.394 e. The van der Waals surface area contributed by atoms with E-state index in [1.807, 2.05) is 0 Å². The second-order valence-electron chi connectivity index (χ2n) is 20.1. The summed E-state index contributed by atoms with van der Waals surface area (Å²) < 4.78 is 11.3. The van der Waals surface area contributed by atoms with Gasteiger partial charge in [-0.2, -0.15) is 0 Å². The van der Waals surface area contributed by atoms with Crippen LogP contribution in [0.1, 0.15) is 277 Å². The Bertz CT molecular complexity index is 1090. The molecule has 1 aliphatic rings. The molecule has 9 nitrogen and oxygen atoms in total. The van der Waals surface area contributed by atoms with Crippen molar-refractivity contribution >= 4 is 5.91 Å². The number of aliphatic hydroxyl groups is 5. The maximum Gasteiger partial charge on any atom is 0.220 e. The smallest absolute Gasteiger partial charge is 0.220 e. The van der Waals surface area contributed by atoms with Crippen LogP contribution in [-0.2, 0) is 14.3 Å². The molecular formula is C57H109NO8. The molecule has 0 saturated carbocycles. The number of hydrogen-bond donors (Lipinski definition) is 6. The average molecular weight is 936 g/mol. The Labute approximate surface area is 407 Å². The van der Waals surface area contributed by atoms with Crippen LogP contribution < -0.4 is 5.32 Å². The van der Waals surface area contributed by atoms with Gasteiger partial charge in [-0.3, -0.25) is 4.79 Å². The van der Waals surface area contributed by atoms with E-state index in [0.29, 0.717) is 12.8 Å². The number of carbonyl (C=O) groups is 1. The molecule has 9 heteroatoms. The van der Waals surface area contributed by atoms with E-state index in [2.05, 4.69) is 43.5 Å². The molecule has 1 fully saturated rings. The van der Waals surface area contributed by atoms with E-state index in [-0.39, 0.29) is 12.5 Å². The maximum atomic E-state index is 13.0. The van der Waals surface area contributed by atoms with Gasteiger partial charge in [-0.15, -0.1) is 0 Å². The topological polar surface area (TPSA) is 149 Å². The molecule has 7 atom stereocenters. The highest BCUT2D eigenvalue weighted by molar-refractivity contribution is 5.76. The molecule has 1 saturated heterocycles. The number of unbranched alkanes of at least 4 members (excludes halogenated alkanes) is 35. The van der Waals surface area contributed by atoms with Gasteiger partial charge in [-0.25, -0.2) is 0 Å². The maximum absolute atomic E-state index is 13.0. The van der Waals surface area contributed by atoms with Crippen LogP contribution in [0.25, 0.3) is 0 Å². The van der Waals surface area contributed by atoms with Gasteiger partial charge in [0.2, 0.25) is 5.91 Å². The first kappa shape index (κ1) is 62.7. The van der Waals surface area contributed by atoms with Crippen LogP contribution in [-0.4, -0.2) is 87.5 Å². The third-order valence-corrected chi connectivity index (χ3v) is 13.8. The summed E-state index contributed by atoms with van der Waals surface area (Å²) in [5.41, 5.74) is 0. The fraction of sp³-hybridized carbons (Fsp3) is 0.912. The molecule has 1 amide bonds. The third kappa shape index (κ3) is 36.6. The number of nitrogens with one attached hydrogen (secondary N) is 1. The van der Waals surface area contributed by atoms with Crippen molar-refractivity contribution < 1.29 is 39.8 Å². The molecule has 0 bridgehead atoms. The summed E-state index contributed by atoms with van der Waals surface area (Å²) in [6, 6.07) is -0.725. The highest BCUT2D eigenvalue weighted by Crippen LogP contribution is 2.23. The van der Waals surface area contributed by atoms with E-state index in [1.165, 1.54) is 180 Å². The zero-order chi connectivity index (χ0) is 48.0. The van der Waals surface area contributed by atoms with Crippen LogP contribution in [0.5, 0.6) is 0 Å². The predicted octanol–water partition coefficient (Wildman–Crippen LogP) is 13.8. The number of hydrogen-bond acceptors (Lipinski definition) is 8. The van der Waals surface area contributed by atoms with Gasteiger partial charge in [0.1, 0.15) is 24.4 Å². The summed E-state index contributed by atoms with van der Waals surface area (Å²) in [5, 5.41) is 54.6. The van der Waals surface area contributed by atoms with E-state index < -0.39 is 49.5 Å². The van der Waals surface area contributed by atoms with Crippen LogP contribution in [0.4, 0.5) is 0 Å². The van der Waals surface area contributed by atoms with Crippen molar-refractivity contribution in [2.24, 2.45) is 0 Å². The fourth-order valence-corrected chi connectivity index (χ4v) is 9.26. The van der Waals surface area contributed by atoms with E-state index in [0.717, 1.165) is 70.6 Å². The standard InChI is InChI=1S/C57H109NO8/c1-3-5-7-9-11-13-15-17-18-19-20-21-22-23-24-25-26-27-28-29-30-31-32-33-35-36-38-40-42-44-46-51(60)50(49-65-57-56(64)55(63)54(62)52(48-59)66-57)58-53(61)47-45-43-41-39-37-34-16-14-12-10-8-6-4-2/h8,10,14,16,50-52,54-57,59-60,62-64H,3-7,9,11-13,15,17-49H2,1-2H3,(H,58,61)/b10-8-,16-14-. The molecule has 0 aromatic carbocycles. The van der Waals surface area contributed by atoms with E-state index in [9.17, 15) is 30.3 Å². The Balaban J connectivity index is 2.13. The average Bonchev–Trinajstić information content (AvgIpc) is 3.32. The summed E-state index contributed by atoms with van der Waals surface area (Å²) in [7, 11) is 0. The zero-order valence-corrected chi connectivity index (χ0v) is 43.2. The molecule has 0 spiro atoms. The zero-order valence-electron chi connectivity index (χ0n) is 43.2. The first-order valence-corrected chi connectivity index (χ1v) is 28.5. The highest BCUT2D eigenvalue weighted by Gasteiger charge is 2.44. The molecule has 6 N–H and O–H groups in total. The van der Waals surface area contributed by atoms with Gasteiger partial charge < -0.3 is 40.3 Å². The summed E-state index contributed by atoms with van der Waals surface area (Å²) >= 11 is 0. The first-order valence-electron chi connectivity index (χ1n) is 28.5. The van der Waals surface area contributed by atoms with Crippen molar-refractivity contribution in [3.63, 3.8) is 0 Å².